The number of carbonyl (C=O) groups is 1. The molecule has 1 aliphatic rings. The highest BCUT2D eigenvalue weighted by Gasteiger charge is 2.15. The normalized spacial score (nSPS) is 14.5. The first-order valence-corrected chi connectivity index (χ1v) is 5.70. The molecule has 1 unspecified atom stereocenters. The molecule has 1 aromatic carbocycles. The van der Waals surface area contributed by atoms with E-state index in [9.17, 15) is 4.79 Å². The lowest BCUT2D eigenvalue weighted by Crippen LogP contribution is -2.42. The standard InChI is InChI=1S/C12H16N2O4/c1-13-9(12(15)16)6-14-5-8-2-3-10-11(4-8)18-7-17-10/h2-4,9,13-14H,5-7H2,1H3,(H,15,16). The summed E-state index contributed by atoms with van der Waals surface area (Å²) in [6.45, 7) is 1.20. The molecule has 18 heavy (non-hydrogen) atoms. The molecule has 0 amide bonds. The Bertz CT molecular complexity index is 436. The van der Waals surface area contributed by atoms with Gasteiger partial charge in [0.1, 0.15) is 6.04 Å². The predicted octanol–water partition coefficient (Wildman–Crippen LogP) is 0.177. The quantitative estimate of drug-likeness (QED) is 0.670. The molecule has 0 radical (unpaired) electrons. The molecule has 0 saturated carbocycles. The highest BCUT2D eigenvalue weighted by atomic mass is 16.7. The van der Waals surface area contributed by atoms with E-state index >= 15 is 0 Å². The van der Waals surface area contributed by atoms with Gasteiger partial charge in [-0.15, -0.1) is 0 Å². The molecule has 1 heterocycles. The van der Waals surface area contributed by atoms with Crippen LogP contribution < -0.4 is 20.1 Å². The predicted molar refractivity (Wildman–Crippen MR) is 64.8 cm³/mol. The van der Waals surface area contributed by atoms with Crippen LogP contribution >= 0.6 is 0 Å². The van der Waals surface area contributed by atoms with Crippen LogP contribution in [0.3, 0.4) is 0 Å². The monoisotopic (exact) mass is 252 g/mol. The van der Waals surface area contributed by atoms with E-state index in [1.807, 2.05) is 18.2 Å². The fourth-order valence-corrected chi connectivity index (χ4v) is 1.72. The molecule has 1 aliphatic heterocycles. The van der Waals surface area contributed by atoms with Crippen LogP contribution in [0.2, 0.25) is 0 Å². The number of fused-ring (bicyclic) bond motifs is 1. The maximum Gasteiger partial charge on any atom is 0.322 e. The van der Waals surface area contributed by atoms with Gasteiger partial charge in [-0.1, -0.05) is 6.07 Å². The van der Waals surface area contributed by atoms with Crippen LogP contribution in [0.25, 0.3) is 0 Å². The van der Waals surface area contributed by atoms with Crippen LogP contribution in [0.5, 0.6) is 11.5 Å². The van der Waals surface area contributed by atoms with E-state index in [2.05, 4.69) is 10.6 Å². The Hall–Kier alpha value is -1.79. The maximum absolute atomic E-state index is 10.8. The summed E-state index contributed by atoms with van der Waals surface area (Å²) < 4.78 is 10.5. The van der Waals surface area contributed by atoms with Crippen molar-refractivity contribution in [1.29, 1.82) is 0 Å². The molecule has 0 bridgehead atoms. The Morgan fingerprint density at radius 2 is 2.22 bits per heavy atom. The van der Waals surface area contributed by atoms with Crippen LogP contribution in [0.1, 0.15) is 5.56 Å². The average molecular weight is 252 g/mol. The van der Waals surface area contributed by atoms with Crippen molar-refractivity contribution in [3.63, 3.8) is 0 Å². The van der Waals surface area contributed by atoms with Crippen LogP contribution in [-0.2, 0) is 11.3 Å². The molecule has 2 rings (SSSR count). The van der Waals surface area contributed by atoms with Crippen molar-refractivity contribution in [1.82, 2.24) is 10.6 Å². The van der Waals surface area contributed by atoms with Crippen LogP contribution in [0.15, 0.2) is 18.2 Å². The molecular weight excluding hydrogens is 236 g/mol. The number of hydrogen-bond acceptors (Lipinski definition) is 5. The van der Waals surface area contributed by atoms with Crippen LogP contribution in [0.4, 0.5) is 0 Å². The van der Waals surface area contributed by atoms with Gasteiger partial charge < -0.3 is 25.2 Å². The van der Waals surface area contributed by atoms with E-state index in [-0.39, 0.29) is 6.79 Å². The summed E-state index contributed by atoms with van der Waals surface area (Å²) in [7, 11) is 1.63. The Balaban J connectivity index is 1.85. The molecule has 6 heteroatoms. The second-order valence-corrected chi connectivity index (χ2v) is 4.00. The van der Waals surface area contributed by atoms with Crippen molar-refractivity contribution in [3.05, 3.63) is 23.8 Å². The van der Waals surface area contributed by atoms with Gasteiger partial charge in [0, 0.05) is 13.1 Å². The number of likely N-dealkylation sites (N-methyl/N-ethyl adjacent to an activating group) is 1. The highest BCUT2D eigenvalue weighted by molar-refractivity contribution is 5.73. The topological polar surface area (TPSA) is 79.8 Å². The van der Waals surface area contributed by atoms with Gasteiger partial charge in [-0.3, -0.25) is 4.79 Å². The van der Waals surface area contributed by atoms with E-state index in [4.69, 9.17) is 14.6 Å². The van der Waals surface area contributed by atoms with Crippen LogP contribution in [0, 0.1) is 0 Å². The molecule has 1 aromatic rings. The maximum atomic E-state index is 10.8. The first-order chi connectivity index (χ1) is 8.70. The SMILES string of the molecule is CNC(CNCc1ccc2c(c1)OCO2)C(=O)O. The largest absolute Gasteiger partial charge is 0.480 e. The summed E-state index contributed by atoms with van der Waals surface area (Å²) in [6, 6.07) is 5.09. The van der Waals surface area contributed by atoms with Gasteiger partial charge in [-0.2, -0.15) is 0 Å². The summed E-state index contributed by atoms with van der Waals surface area (Å²) in [5.41, 5.74) is 1.03. The first-order valence-electron chi connectivity index (χ1n) is 5.70. The van der Waals surface area contributed by atoms with Crippen molar-refractivity contribution < 1.29 is 19.4 Å². The zero-order chi connectivity index (χ0) is 13.0. The smallest absolute Gasteiger partial charge is 0.322 e. The fourth-order valence-electron chi connectivity index (χ4n) is 1.72. The van der Waals surface area contributed by atoms with Crippen molar-refractivity contribution in [2.75, 3.05) is 20.4 Å². The number of nitrogens with one attached hydrogen (secondary N) is 2. The number of hydrogen-bond donors (Lipinski definition) is 3. The molecule has 3 N–H and O–H groups in total. The van der Waals surface area contributed by atoms with Crippen LogP contribution in [-0.4, -0.2) is 37.5 Å². The molecule has 1 atom stereocenters. The highest BCUT2D eigenvalue weighted by Crippen LogP contribution is 2.32. The van der Waals surface area contributed by atoms with Gasteiger partial charge in [-0.05, 0) is 24.7 Å². The number of aliphatic carboxylic acids is 1. The average Bonchev–Trinajstić information content (AvgIpc) is 2.81. The Kier molecular flexibility index (Phi) is 4.01. The van der Waals surface area contributed by atoms with E-state index in [1.165, 1.54) is 0 Å². The van der Waals surface area contributed by atoms with Gasteiger partial charge in [0.25, 0.3) is 0 Å². The number of carboxylic acids is 1. The second kappa shape index (κ2) is 5.70. The zero-order valence-corrected chi connectivity index (χ0v) is 10.1. The Morgan fingerprint density at radius 3 is 2.94 bits per heavy atom. The van der Waals surface area contributed by atoms with E-state index in [0.717, 1.165) is 17.1 Å². The van der Waals surface area contributed by atoms with Gasteiger partial charge in [0.15, 0.2) is 11.5 Å². The van der Waals surface area contributed by atoms with Crippen molar-refractivity contribution >= 4 is 5.97 Å². The minimum Gasteiger partial charge on any atom is -0.480 e. The molecule has 6 nitrogen and oxygen atoms in total. The summed E-state index contributed by atoms with van der Waals surface area (Å²) in [5.74, 6) is 0.616. The summed E-state index contributed by atoms with van der Waals surface area (Å²) >= 11 is 0. The number of rotatable bonds is 6. The summed E-state index contributed by atoms with van der Waals surface area (Å²) in [5, 5.41) is 14.7. The zero-order valence-electron chi connectivity index (χ0n) is 10.1. The fraction of sp³-hybridized carbons (Fsp3) is 0.417. The third-order valence-electron chi connectivity index (χ3n) is 2.76. The number of benzene rings is 1. The molecule has 0 fully saturated rings. The molecular formula is C12H16N2O4. The van der Waals surface area contributed by atoms with Crippen molar-refractivity contribution in [3.8, 4) is 11.5 Å². The van der Waals surface area contributed by atoms with Gasteiger partial charge >= 0.3 is 5.97 Å². The third kappa shape index (κ3) is 2.91. The summed E-state index contributed by atoms with van der Waals surface area (Å²) in [4.78, 5) is 10.8. The third-order valence-corrected chi connectivity index (χ3v) is 2.76. The first kappa shape index (κ1) is 12.7. The molecule has 0 spiro atoms. The minimum atomic E-state index is -0.865. The van der Waals surface area contributed by atoms with Gasteiger partial charge in [0.05, 0.1) is 0 Å². The second-order valence-electron chi connectivity index (χ2n) is 4.00. The van der Waals surface area contributed by atoms with Gasteiger partial charge in [0.2, 0.25) is 6.79 Å². The lowest BCUT2D eigenvalue weighted by Gasteiger charge is -2.12. The minimum absolute atomic E-state index is 0.257. The lowest BCUT2D eigenvalue weighted by atomic mass is 10.2. The van der Waals surface area contributed by atoms with E-state index < -0.39 is 12.0 Å². The lowest BCUT2D eigenvalue weighted by molar-refractivity contribution is -0.139. The molecule has 0 saturated heterocycles. The Labute approximate surface area is 105 Å². The number of ether oxygens (including phenoxy) is 2. The van der Waals surface area contributed by atoms with Crippen molar-refractivity contribution in [2.24, 2.45) is 0 Å². The van der Waals surface area contributed by atoms with Gasteiger partial charge in [-0.25, -0.2) is 0 Å². The number of carboxylic acid groups (broad SMARTS) is 1. The molecule has 98 valence electrons. The van der Waals surface area contributed by atoms with Crippen molar-refractivity contribution in [2.45, 2.75) is 12.6 Å². The van der Waals surface area contributed by atoms with E-state index in [0.29, 0.717) is 13.1 Å². The molecule has 0 aliphatic carbocycles. The Morgan fingerprint density at radius 1 is 1.44 bits per heavy atom. The van der Waals surface area contributed by atoms with E-state index in [1.54, 1.807) is 7.05 Å². The molecule has 0 aromatic heterocycles. The summed E-state index contributed by atoms with van der Waals surface area (Å²) in [6.07, 6.45) is 0.